The summed E-state index contributed by atoms with van der Waals surface area (Å²) in [5.74, 6) is 0.642. The van der Waals surface area contributed by atoms with Crippen LogP contribution < -0.4 is 4.74 Å². The Morgan fingerprint density at radius 3 is 2.88 bits per heavy atom. The van der Waals surface area contributed by atoms with Crippen LogP contribution >= 0.6 is 38.5 Å². The first-order chi connectivity index (χ1) is 7.66. The molecule has 1 aromatic carbocycles. The van der Waals surface area contributed by atoms with Gasteiger partial charge in [-0.1, -0.05) is 0 Å². The third-order valence-corrected chi connectivity index (χ3v) is 3.09. The Hall–Kier alpha value is -0.760. The zero-order valence-electron chi connectivity index (χ0n) is 7.82. The highest BCUT2D eigenvalue weighted by Gasteiger charge is 2.06. The minimum atomic E-state index is -0.329. The summed E-state index contributed by atoms with van der Waals surface area (Å²) in [5, 5.41) is 0. The molecule has 0 bridgehead atoms. The van der Waals surface area contributed by atoms with Crippen LogP contribution in [-0.2, 0) is 0 Å². The van der Waals surface area contributed by atoms with Gasteiger partial charge in [0, 0.05) is 6.20 Å². The summed E-state index contributed by atoms with van der Waals surface area (Å²) < 4.78 is 19.6. The van der Waals surface area contributed by atoms with Crippen LogP contribution in [0, 0.1) is 9.39 Å². The summed E-state index contributed by atoms with van der Waals surface area (Å²) in [5.41, 5.74) is 0. The lowest BCUT2D eigenvalue weighted by atomic mass is 10.3. The Morgan fingerprint density at radius 2 is 2.19 bits per heavy atom. The van der Waals surface area contributed by atoms with Crippen LogP contribution in [0.2, 0.25) is 0 Å². The van der Waals surface area contributed by atoms with Crippen molar-refractivity contribution in [2.75, 3.05) is 0 Å². The van der Waals surface area contributed by atoms with Gasteiger partial charge >= 0.3 is 0 Å². The molecule has 0 fully saturated rings. The smallest absolute Gasteiger partial charge is 0.235 e. The first kappa shape index (κ1) is 11.7. The van der Waals surface area contributed by atoms with E-state index in [2.05, 4.69) is 48.5 Å². The number of hydrogen-bond acceptors (Lipinski definition) is 3. The van der Waals surface area contributed by atoms with Crippen molar-refractivity contribution in [3.63, 3.8) is 0 Å². The molecule has 0 aliphatic carbocycles. The normalized spacial score (nSPS) is 10.2. The topological polar surface area (TPSA) is 35.0 Å². The van der Waals surface area contributed by atoms with Crippen LogP contribution in [0.3, 0.4) is 0 Å². The zero-order valence-corrected chi connectivity index (χ0v) is 11.6. The number of halogens is 3. The first-order valence-corrected chi connectivity index (χ1v) is 6.12. The average Bonchev–Trinajstić information content (AvgIpc) is 2.27. The highest BCUT2D eigenvalue weighted by molar-refractivity contribution is 14.1. The predicted molar refractivity (Wildman–Crippen MR) is 68.9 cm³/mol. The van der Waals surface area contributed by atoms with Gasteiger partial charge in [0.05, 0.1) is 8.04 Å². The number of nitrogens with zero attached hydrogens (tertiary/aromatic N) is 2. The maximum atomic E-state index is 13.0. The summed E-state index contributed by atoms with van der Waals surface area (Å²) >= 11 is 5.16. The molecule has 0 saturated heterocycles. The number of aromatic nitrogens is 2. The van der Waals surface area contributed by atoms with E-state index >= 15 is 0 Å². The monoisotopic (exact) mass is 394 g/mol. The molecule has 0 amide bonds. The third kappa shape index (κ3) is 2.67. The molecule has 0 spiro atoms. The van der Waals surface area contributed by atoms with Crippen molar-refractivity contribution in [2.24, 2.45) is 0 Å². The summed E-state index contributed by atoms with van der Waals surface area (Å²) in [6.07, 6.45) is 3.04. The van der Waals surface area contributed by atoms with E-state index in [0.717, 1.165) is 3.57 Å². The Bertz CT molecular complexity index is 524. The van der Waals surface area contributed by atoms with Gasteiger partial charge < -0.3 is 4.74 Å². The second kappa shape index (κ2) is 5.05. The van der Waals surface area contributed by atoms with Crippen molar-refractivity contribution in [1.82, 2.24) is 9.97 Å². The van der Waals surface area contributed by atoms with Crippen molar-refractivity contribution >= 4 is 38.5 Å². The molecule has 0 saturated carbocycles. The number of rotatable bonds is 2. The van der Waals surface area contributed by atoms with Gasteiger partial charge in [-0.15, -0.1) is 0 Å². The predicted octanol–water partition coefficient (Wildman–Crippen LogP) is 3.78. The van der Waals surface area contributed by atoms with Crippen LogP contribution in [0.25, 0.3) is 0 Å². The fourth-order valence-electron chi connectivity index (χ4n) is 1.03. The molecular formula is C10H5BrFIN2O. The summed E-state index contributed by atoms with van der Waals surface area (Å²) in [4.78, 5) is 7.83. The first-order valence-electron chi connectivity index (χ1n) is 4.25. The molecule has 2 rings (SSSR count). The summed E-state index contributed by atoms with van der Waals surface area (Å²) in [6.45, 7) is 0. The van der Waals surface area contributed by atoms with Crippen LogP contribution in [0.4, 0.5) is 4.39 Å². The zero-order chi connectivity index (χ0) is 11.5. The fraction of sp³-hybridized carbons (Fsp3) is 0. The van der Waals surface area contributed by atoms with Gasteiger partial charge in [0.2, 0.25) is 5.88 Å². The van der Waals surface area contributed by atoms with Crippen LogP contribution in [0.15, 0.2) is 35.2 Å². The van der Waals surface area contributed by atoms with Gasteiger partial charge in [-0.2, -0.15) is 0 Å². The van der Waals surface area contributed by atoms with Crippen LogP contribution in [-0.4, -0.2) is 9.97 Å². The maximum Gasteiger partial charge on any atom is 0.235 e. The van der Waals surface area contributed by atoms with Gasteiger partial charge in [0.1, 0.15) is 17.9 Å². The second-order valence-electron chi connectivity index (χ2n) is 2.85. The van der Waals surface area contributed by atoms with Crippen LogP contribution in [0.5, 0.6) is 11.6 Å². The minimum Gasteiger partial charge on any atom is -0.438 e. The Morgan fingerprint density at radius 1 is 1.38 bits per heavy atom. The van der Waals surface area contributed by atoms with E-state index in [9.17, 15) is 4.39 Å². The van der Waals surface area contributed by atoms with Gasteiger partial charge in [0.25, 0.3) is 0 Å². The van der Waals surface area contributed by atoms with E-state index in [-0.39, 0.29) is 5.82 Å². The lowest BCUT2D eigenvalue weighted by Crippen LogP contribution is -1.92. The molecule has 0 N–H and O–H groups in total. The van der Waals surface area contributed by atoms with Crippen molar-refractivity contribution in [3.8, 4) is 11.6 Å². The Balaban J connectivity index is 2.28. The fourth-order valence-corrected chi connectivity index (χ4v) is 1.80. The second-order valence-corrected chi connectivity index (χ2v) is 4.87. The lowest BCUT2D eigenvalue weighted by molar-refractivity contribution is 0.455. The Kier molecular flexibility index (Phi) is 3.70. The van der Waals surface area contributed by atoms with Crippen molar-refractivity contribution in [3.05, 3.63) is 44.6 Å². The average molecular weight is 395 g/mol. The number of hydrogen-bond donors (Lipinski definition) is 0. The highest BCUT2D eigenvalue weighted by atomic mass is 127. The highest BCUT2D eigenvalue weighted by Crippen LogP contribution is 2.27. The van der Waals surface area contributed by atoms with Gasteiger partial charge in [-0.25, -0.2) is 14.4 Å². The molecule has 1 aromatic heterocycles. The standard InChI is InChI=1S/C10H5BrFIN2O/c11-7-3-6(1-2-8(7)12)16-10-9(13)4-14-5-15-10/h1-5H. The molecule has 0 radical (unpaired) electrons. The molecule has 16 heavy (non-hydrogen) atoms. The molecule has 0 atom stereocenters. The Labute approximate surface area is 113 Å². The molecule has 0 aliphatic rings. The van der Waals surface area contributed by atoms with E-state index in [1.165, 1.54) is 18.5 Å². The molecule has 82 valence electrons. The number of ether oxygens (including phenoxy) is 1. The number of benzene rings is 1. The van der Waals surface area contributed by atoms with E-state index in [4.69, 9.17) is 4.74 Å². The van der Waals surface area contributed by atoms with Crippen LogP contribution in [0.1, 0.15) is 0 Å². The molecular weight excluding hydrogens is 390 g/mol. The van der Waals surface area contributed by atoms with E-state index in [1.807, 2.05) is 0 Å². The molecule has 1 heterocycles. The lowest BCUT2D eigenvalue weighted by Gasteiger charge is -2.06. The molecule has 3 nitrogen and oxygen atoms in total. The van der Waals surface area contributed by atoms with Crippen molar-refractivity contribution < 1.29 is 9.13 Å². The van der Waals surface area contributed by atoms with Crippen molar-refractivity contribution in [1.29, 1.82) is 0 Å². The van der Waals surface area contributed by atoms with Gasteiger partial charge in [-0.05, 0) is 56.7 Å². The largest absolute Gasteiger partial charge is 0.438 e. The molecule has 6 heteroatoms. The summed E-state index contributed by atoms with van der Waals surface area (Å²) in [7, 11) is 0. The molecule has 0 unspecified atom stereocenters. The molecule has 2 aromatic rings. The summed E-state index contributed by atoms with van der Waals surface area (Å²) in [6, 6.07) is 4.42. The SMILES string of the molecule is Fc1ccc(Oc2ncncc2I)cc1Br. The van der Waals surface area contributed by atoms with Crippen molar-refractivity contribution in [2.45, 2.75) is 0 Å². The molecule has 0 aliphatic heterocycles. The minimum absolute atomic E-state index is 0.329. The third-order valence-electron chi connectivity index (χ3n) is 1.74. The van der Waals surface area contributed by atoms with Gasteiger partial charge in [0.15, 0.2) is 0 Å². The van der Waals surface area contributed by atoms with E-state index in [1.54, 1.807) is 12.3 Å². The van der Waals surface area contributed by atoms with E-state index in [0.29, 0.717) is 16.1 Å². The van der Waals surface area contributed by atoms with Gasteiger partial charge in [-0.3, -0.25) is 0 Å². The quantitative estimate of drug-likeness (QED) is 0.727. The van der Waals surface area contributed by atoms with E-state index < -0.39 is 0 Å². The maximum absolute atomic E-state index is 13.0.